The topological polar surface area (TPSA) is 77.8 Å². The summed E-state index contributed by atoms with van der Waals surface area (Å²) in [4.78, 5) is 15.6. The monoisotopic (exact) mass is 548 g/mol. The van der Waals surface area contributed by atoms with Crippen molar-refractivity contribution >= 4 is 26.9 Å². The van der Waals surface area contributed by atoms with Crippen molar-refractivity contribution in [1.82, 2.24) is 8.87 Å². The summed E-state index contributed by atoms with van der Waals surface area (Å²) in [6, 6.07) is 15.4. The molecule has 39 heavy (non-hydrogen) atoms. The molecule has 0 spiro atoms. The quantitative estimate of drug-likeness (QED) is 0.381. The molecule has 2 aliphatic heterocycles. The summed E-state index contributed by atoms with van der Waals surface area (Å²) in [5, 5.41) is 0.838. The molecule has 5 atom stereocenters. The molecular weight excluding hydrogens is 512 g/mol. The summed E-state index contributed by atoms with van der Waals surface area (Å²) >= 11 is 0. The molecule has 0 amide bonds. The number of hydrogen-bond acceptors (Lipinski definition) is 6. The molecule has 3 aliphatic rings. The summed E-state index contributed by atoms with van der Waals surface area (Å²) < 4.78 is 40.3. The van der Waals surface area contributed by atoms with Gasteiger partial charge in [-0.2, -0.15) is 0 Å². The van der Waals surface area contributed by atoms with Crippen LogP contribution in [-0.2, 0) is 30.7 Å². The molecule has 0 bridgehead atoms. The van der Waals surface area contributed by atoms with Crippen LogP contribution >= 0.6 is 0 Å². The van der Waals surface area contributed by atoms with Gasteiger partial charge in [0.1, 0.15) is 6.23 Å². The standard InChI is InChI=1S/C31H36N2O5S/c1-6-21-23(31(34)37-7-2)17-25(26-15-19-11-8-9-14-24(19)33(26)39(5,35)36)32-29-27(38-30(21)32)16-20-12-10-13-22(18(3)4)28(20)29/h8-15,17-18,21,25,27,29-30H,6-7,16H2,1-5H3/t21-,25-,27+,29+,30+/m0/s1. The minimum Gasteiger partial charge on any atom is -0.463 e. The molecule has 0 radical (unpaired) electrons. The molecule has 3 aromatic rings. The Morgan fingerprint density at radius 3 is 2.59 bits per heavy atom. The maximum absolute atomic E-state index is 13.3. The third-order valence-electron chi connectivity index (χ3n) is 8.53. The van der Waals surface area contributed by atoms with Crippen LogP contribution in [0.2, 0.25) is 0 Å². The van der Waals surface area contributed by atoms with Crippen LogP contribution in [0.25, 0.3) is 10.9 Å². The van der Waals surface area contributed by atoms with Crippen molar-refractivity contribution in [2.75, 3.05) is 12.9 Å². The molecule has 8 heteroatoms. The Kier molecular flexibility index (Phi) is 6.48. The predicted octanol–water partition coefficient (Wildman–Crippen LogP) is 5.47. The first-order valence-corrected chi connectivity index (χ1v) is 15.7. The Hall–Kier alpha value is -2.94. The number of esters is 1. The molecule has 7 nitrogen and oxygen atoms in total. The highest BCUT2D eigenvalue weighted by Gasteiger charge is 2.56. The highest BCUT2D eigenvalue weighted by molar-refractivity contribution is 7.89. The van der Waals surface area contributed by atoms with Gasteiger partial charge in [-0.05, 0) is 48.1 Å². The summed E-state index contributed by atoms with van der Waals surface area (Å²) in [5.74, 6) is -0.215. The van der Waals surface area contributed by atoms with E-state index in [0.29, 0.717) is 29.1 Å². The lowest BCUT2D eigenvalue weighted by molar-refractivity contribution is -0.141. The third kappa shape index (κ3) is 4.07. The Labute approximate surface area is 230 Å². The molecule has 6 rings (SSSR count). The molecule has 0 N–H and O–H groups in total. The van der Waals surface area contributed by atoms with Gasteiger partial charge in [0.05, 0.1) is 42.3 Å². The minimum atomic E-state index is -3.66. The van der Waals surface area contributed by atoms with Gasteiger partial charge in [-0.3, -0.25) is 4.90 Å². The van der Waals surface area contributed by atoms with Gasteiger partial charge in [0.15, 0.2) is 0 Å². The first-order valence-electron chi connectivity index (χ1n) is 13.9. The van der Waals surface area contributed by atoms with E-state index < -0.39 is 16.1 Å². The van der Waals surface area contributed by atoms with E-state index in [2.05, 4.69) is 43.9 Å². The fourth-order valence-corrected chi connectivity index (χ4v) is 8.12. The van der Waals surface area contributed by atoms with Crippen molar-refractivity contribution in [3.8, 4) is 0 Å². The van der Waals surface area contributed by atoms with Crippen LogP contribution in [0.3, 0.4) is 0 Å². The van der Waals surface area contributed by atoms with Gasteiger partial charge in [0.25, 0.3) is 0 Å². The fourth-order valence-electron chi connectivity index (χ4n) is 7.05. The summed E-state index contributed by atoms with van der Waals surface area (Å²) in [7, 11) is -3.66. The molecule has 2 aromatic carbocycles. The number of rotatable bonds is 6. The fraction of sp³-hybridized carbons (Fsp3) is 0.452. The average Bonchev–Trinajstić information content (AvgIpc) is 3.56. The van der Waals surface area contributed by atoms with Gasteiger partial charge < -0.3 is 9.47 Å². The van der Waals surface area contributed by atoms with E-state index in [1.807, 2.05) is 36.4 Å². The Morgan fingerprint density at radius 2 is 1.90 bits per heavy atom. The number of carbonyl (C=O) groups excluding carboxylic acids is 1. The molecule has 206 valence electrons. The second-order valence-corrected chi connectivity index (χ2v) is 13.0. The van der Waals surface area contributed by atoms with Crippen LogP contribution in [0.15, 0.2) is 60.2 Å². The first-order chi connectivity index (χ1) is 18.7. The van der Waals surface area contributed by atoms with Gasteiger partial charge in [-0.15, -0.1) is 0 Å². The lowest BCUT2D eigenvalue weighted by Gasteiger charge is -2.42. The third-order valence-corrected chi connectivity index (χ3v) is 9.60. The largest absolute Gasteiger partial charge is 0.463 e. The number of ether oxygens (including phenoxy) is 2. The SMILES string of the molecule is CCOC(=O)C1=C[C@@H](c2cc3ccccc3n2S(C)(=O)=O)N2[C@H](O[C@@H]3Cc4cccc(C(C)C)c4[C@@H]32)[C@H]1CC. The number of nitrogens with zero attached hydrogens (tertiary/aromatic N) is 2. The number of hydrogen-bond donors (Lipinski definition) is 0. The van der Waals surface area contributed by atoms with Crippen molar-refractivity contribution in [2.45, 2.75) is 70.9 Å². The summed E-state index contributed by atoms with van der Waals surface area (Å²) in [6.07, 6.45) is 4.22. The highest BCUT2D eigenvalue weighted by atomic mass is 32.2. The van der Waals surface area contributed by atoms with Gasteiger partial charge in [0.2, 0.25) is 10.0 Å². The van der Waals surface area contributed by atoms with E-state index in [9.17, 15) is 13.2 Å². The van der Waals surface area contributed by atoms with Crippen molar-refractivity contribution in [2.24, 2.45) is 5.92 Å². The van der Waals surface area contributed by atoms with Gasteiger partial charge in [0, 0.05) is 23.3 Å². The molecule has 1 saturated heterocycles. The molecule has 1 aliphatic carbocycles. The zero-order chi connectivity index (χ0) is 27.6. The Bertz CT molecular complexity index is 1590. The average molecular weight is 549 g/mol. The van der Waals surface area contributed by atoms with Crippen LogP contribution < -0.4 is 0 Å². The second kappa shape index (κ2) is 9.61. The summed E-state index contributed by atoms with van der Waals surface area (Å²) in [5.41, 5.74) is 5.66. The van der Waals surface area contributed by atoms with Gasteiger partial charge >= 0.3 is 5.97 Å². The van der Waals surface area contributed by atoms with E-state index in [4.69, 9.17) is 9.47 Å². The van der Waals surface area contributed by atoms with Crippen molar-refractivity contribution in [1.29, 1.82) is 0 Å². The van der Waals surface area contributed by atoms with E-state index in [-0.39, 0.29) is 36.9 Å². The van der Waals surface area contributed by atoms with Crippen LogP contribution in [0, 0.1) is 5.92 Å². The maximum atomic E-state index is 13.3. The van der Waals surface area contributed by atoms with Crippen LogP contribution in [-0.4, -0.2) is 48.5 Å². The number of aromatic nitrogens is 1. The number of para-hydroxylation sites is 1. The smallest absolute Gasteiger partial charge is 0.334 e. The molecule has 0 saturated carbocycles. The maximum Gasteiger partial charge on any atom is 0.334 e. The van der Waals surface area contributed by atoms with Crippen LogP contribution in [0.5, 0.6) is 0 Å². The lowest BCUT2D eigenvalue weighted by atomic mass is 9.84. The zero-order valence-electron chi connectivity index (χ0n) is 23.1. The predicted molar refractivity (Wildman–Crippen MR) is 151 cm³/mol. The molecule has 0 unspecified atom stereocenters. The van der Waals surface area contributed by atoms with E-state index in [1.165, 1.54) is 26.9 Å². The van der Waals surface area contributed by atoms with Crippen LogP contribution in [0.1, 0.15) is 74.5 Å². The molecule has 1 fully saturated rings. The van der Waals surface area contributed by atoms with Crippen molar-refractivity contribution in [3.05, 3.63) is 82.6 Å². The Balaban J connectivity index is 1.62. The van der Waals surface area contributed by atoms with Crippen molar-refractivity contribution < 1.29 is 22.7 Å². The van der Waals surface area contributed by atoms with E-state index >= 15 is 0 Å². The number of carbonyl (C=O) groups is 1. The molecule has 1 aromatic heterocycles. The highest BCUT2D eigenvalue weighted by Crippen LogP contribution is 2.55. The van der Waals surface area contributed by atoms with Gasteiger partial charge in [-0.1, -0.05) is 63.2 Å². The molecular formula is C31H36N2O5S. The normalized spacial score (nSPS) is 26.4. The Morgan fingerprint density at radius 1 is 1.13 bits per heavy atom. The summed E-state index contributed by atoms with van der Waals surface area (Å²) in [6.45, 7) is 8.55. The molecule has 3 heterocycles. The first kappa shape index (κ1) is 26.3. The van der Waals surface area contributed by atoms with Crippen molar-refractivity contribution in [3.63, 3.8) is 0 Å². The number of fused-ring (bicyclic) bond motifs is 6. The lowest BCUT2D eigenvalue weighted by Crippen LogP contribution is -2.46. The van der Waals surface area contributed by atoms with Gasteiger partial charge in [-0.25, -0.2) is 17.2 Å². The number of benzene rings is 2. The minimum absolute atomic E-state index is 0.0475. The second-order valence-electron chi connectivity index (χ2n) is 11.2. The zero-order valence-corrected chi connectivity index (χ0v) is 23.9. The van der Waals surface area contributed by atoms with E-state index in [1.54, 1.807) is 6.92 Å². The van der Waals surface area contributed by atoms with E-state index in [0.717, 1.165) is 11.8 Å². The van der Waals surface area contributed by atoms with Crippen LogP contribution in [0.4, 0.5) is 0 Å².